The van der Waals surface area contributed by atoms with Crippen molar-refractivity contribution in [2.45, 2.75) is 471 Å². The Morgan fingerprint density at radius 1 is 0.260 bits per heavy atom. The van der Waals surface area contributed by atoms with Gasteiger partial charge in [-0.25, -0.2) is 9.13 Å². The zero-order valence-corrected chi connectivity index (χ0v) is 70.1. The van der Waals surface area contributed by atoms with Crippen LogP contribution in [0.15, 0.2) is 0 Å². The summed E-state index contributed by atoms with van der Waals surface area (Å²) in [5.41, 5.74) is 0. The van der Waals surface area contributed by atoms with Gasteiger partial charge in [0.2, 0.25) is 0 Å². The van der Waals surface area contributed by atoms with E-state index in [-0.39, 0.29) is 25.7 Å². The van der Waals surface area contributed by atoms with Crippen molar-refractivity contribution in [2.24, 2.45) is 11.8 Å². The molecule has 0 aliphatic heterocycles. The number of hydrogen-bond donors (Lipinski definition) is 3. The van der Waals surface area contributed by atoms with Crippen LogP contribution in [-0.2, 0) is 65.4 Å². The minimum absolute atomic E-state index is 0.107. The number of carbonyl (C=O) groups excluding carboxylic acids is 4. The number of unbranched alkanes of at least 4 members (excludes halogenated alkanes) is 54. The summed E-state index contributed by atoms with van der Waals surface area (Å²) >= 11 is 0. The number of phosphoric acid groups is 2. The lowest BCUT2D eigenvalue weighted by molar-refractivity contribution is -0.161. The third-order valence-corrected chi connectivity index (χ3v) is 21.9. The topological polar surface area (TPSA) is 237 Å². The molecule has 0 aliphatic carbocycles. The zero-order chi connectivity index (χ0) is 76.4. The van der Waals surface area contributed by atoms with Crippen molar-refractivity contribution in [1.29, 1.82) is 0 Å². The van der Waals surface area contributed by atoms with Crippen LogP contribution in [0.2, 0.25) is 0 Å². The van der Waals surface area contributed by atoms with Crippen molar-refractivity contribution in [3.63, 3.8) is 0 Å². The van der Waals surface area contributed by atoms with Crippen LogP contribution in [0.4, 0.5) is 0 Å². The molecule has 0 heterocycles. The quantitative estimate of drug-likeness (QED) is 0.0222. The number of aliphatic hydroxyl groups is 1. The largest absolute Gasteiger partial charge is 0.472 e. The summed E-state index contributed by atoms with van der Waals surface area (Å²) in [6.07, 6.45) is 68.1. The van der Waals surface area contributed by atoms with E-state index in [2.05, 4.69) is 41.5 Å². The van der Waals surface area contributed by atoms with Gasteiger partial charge in [-0.15, -0.1) is 0 Å². The van der Waals surface area contributed by atoms with Crippen LogP contribution in [-0.4, -0.2) is 96.7 Å². The first-order valence-corrected chi connectivity index (χ1v) is 47.0. The number of carbonyl (C=O) groups is 4. The molecule has 0 rings (SSSR count). The first-order valence-electron chi connectivity index (χ1n) is 44.0. The van der Waals surface area contributed by atoms with Crippen molar-refractivity contribution >= 4 is 39.5 Å². The average molecular weight is 1520 g/mol. The van der Waals surface area contributed by atoms with Gasteiger partial charge in [-0.3, -0.25) is 37.3 Å². The molecule has 0 fully saturated rings. The molecule has 0 aromatic carbocycles. The fourth-order valence-corrected chi connectivity index (χ4v) is 14.8. The van der Waals surface area contributed by atoms with E-state index in [1.807, 2.05) is 0 Å². The number of esters is 4. The number of aliphatic hydroxyl groups excluding tert-OH is 1. The first kappa shape index (κ1) is 102. The Morgan fingerprint density at radius 2 is 0.442 bits per heavy atom. The Balaban J connectivity index is 5.22. The second kappa shape index (κ2) is 76.4. The Hall–Kier alpha value is -1.94. The number of hydrogen-bond acceptors (Lipinski definition) is 15. The van der Waals surface area contributed by atoms with E-state index in [0.29, 0.717) is 25.7 Å². The molecule has 0 saturated carbocycles. The predicted octanol–water partition coefficient (Wildman–Crippen LogP) is 25.8. The molecule has 0 bridgehead atoms. The summed E-state index contributed by atoms with van der Waals surface area (Å²) in [4.78, 5) is 73.1. The molecule has 0 saturated heterocycles. The van der Waals surface area contributed by atoms with Crippen LogP contribution >= 0.6 is 15.6 Å². The lowest BCUT2D eigenvalue weighted by Crippen LogP contribution is -2.30. The summed E-state index contributed by atoms with van der Waals surface area (Å²) < 4.78 is 68.8. The Labute approximate surface area is 638 Å². The highest BCUT2D eigenvalue weighted by atomic mass is 31.2. The normalized spacial score (nSPS) is 13.8. The van der Waals surface area contributed by atoms with Gasteiger partial charge in [0.25, 0.3) is 0 Å². The van der Waals surface area contributed by atoms with E-state index in [1.54, 1.807) is 0 Å². The van der Waals surface area contributed by atoms with Gasteiger partial charge >= 0.3 is 39.5 Å². The zero-order valence-electron chi connectivity index (χ0n) is 68.3. The minimum atomic E-state index is -4.96. The molecule has 17 nitrogen and oxygen atoms in total. The average Bonchev–Trinajstić information content (AvgIpc) is 0.932. The van der Waals surface area contributed by atoms with Crippen LogP contribution in [0.3, 0.4) is 0 Å². The lowest BCUT2D eigenvalue weighted by Gasteiger charge is -2.21. The third kappa shape index (κ3) is 78.2. The maximum absolute atomic E-state index is 13.1. The van der Waals surface area contributed by atoms with Gasteiger partial charge in [0, 0.05) is 25.7 Å². The fourth-order valence-electron chi connectivity index (χ4n) is 13.2. The number of rotatable bonds is 84. The summed E-state index contributed by atoms with van der Waals surface area (Å²) in [6.45, 7) is 9.68. The van der Waals surface area contributed by atoms with Gasteiger partial charge in [0.1, 0.15) is 19.3 Å². The molecule has 618 valence electrons. The highest BCUT2D eigenvalue weighted by molar-refractivity contribution is 7.47. The molecule has 0 aromatic heterocycles. The van der Waals surface area contributed by atoms with Crippen LogP contribution < -0.4 is 0 Å². The van der Waals surface area contributed by atoms with E-state index in [0.717, 1.165) is 102 Å². The van der Waals surface area contributed by atoms with Crippen LogP contribution in [0, 0.1) is 11.8 Å². The maximum Gasteiger partial charge on any atom is 0.472 e. The van der Waals surface area contributed by atoms with Crippen LogP contribution in [0.1, 0.15) is 452 Å². The van der Waals surface area contributed by atoms with Crippen LogP contribution in [0.5, 0.6) is 0 Å². The summed E-state index contributed by atoms with van der Waals surface area (Å²) in [7, 11) is -9.92. The van der Waals surface area contributed by atoms with Crippen LogP contribution in [0.25, 0.3) is 0 Å². The molecule has 3 N–H and O–H groups in total. The Bertz CT molecular complexity index is 1990. The molecule has 19 heteroatoms. The number of ether oxygens (including phenoxy) is 4. The van der Waals surface area contributed by atoms with Gasteiger partial charge in [-0.2, -0.15) is 0 Å². The van der Waals surface area contributed by atoms with Crippen molar-refractivity contribution in [1.82, 2.24) is 0 Å². The SMILES string of the molecule is CCCCCCCCCCCCCCCCCCCCCCCCC(=O)O[C@H](COC(=O)CCCCCCCCCCCCCCCCC(C)C)COP(=O)(O)OC[C@@H](O)COP(=O)(O)OC[C@@H](COC(=O)CCCCCCCCCCCC)OC(=O)CCCCCCCCCCCCCCC(C)C. The number of phosphoric ester groups is 2. The molecule has 5 atom stereocenters. The van der Waals surface area contributed by atoms with Crippen molar-refractivity contribution in [3.05, 3.63) is 0 Å². The molecule has 0 aromatic rings. The smallest absolute Gasteiger partial charge is 0.462 e. The van der Waals surface area contributed by atoms with Gasteiger partial charge in [0.15, 0.2) is 12.2 Å². The molecular weight excluding hydrogens is 1350 g/mol. The highest BCUT2D eigenvalue weighted by Crippen LogP contribution is 2.45. The fraction of sp³-hybridized carbons (Fsp3) is 0.953. The first-order chi connectivity index (χ1) is 50.4. The second-order valence-electron chi connectivity index (χ2n) is 31.5. The Kier molecular flexibility index (Phi) is 75.0. The van der Waals surface area contributed by atoms with Gasteiger partial charge in [-0.1, -0.05) is 401 Å². The predicted molar refractivity (Wildman–Crippen MR) is 428 cm³/mol. The standard InChI is InChI=1S/C85H166O17P2/c1-7-9-11-13-15-17-19-20-21-22-23-24-25-26-27-28-33-39-45-51-57-63-69-84(89)102-81(74-96-83(88)68-62-56-50-44-38-32-30-29-31-36-41-47-53-59-65-77(3)4)76-100-104(93,94)98-72-79(86)71-97-103(91,92)99-75-80(73-95-82(87)67-61-55-49-43-18-16-14-12-10-8-2)101-85(90)70-64-58-52-46-40-35-34-37-42-48-54-60-66-78(5)6/h77-81,86H,7-76H2,1-6H3,(H,91,92)(H,93,94)/t79-,80+,81+/m0/s1. The monoisotopic (exact) mass is 1520 g/mol. The second-order valence-corrected chi connectivity index (χ2v) is 34.4. The molecule has 104 heavy (non-hydrogen) atoms. The lowest BCUT2D eigenvalue weighted by atomic mass is 10.0. The van der Waals surface area contributed by atoms with Crippen molar-refractivity contribution < 1.29 is 80.2 Å². The maximum atomic E-state index is 13.1. The minimum Gasteiger partial charge on any atom is -0.462 e. The Morgan fingerprint density at radius 3 is 0.654 bits per heavy atom. The van der Waals surface area contributed by atoms with Crippen molar-refractivity contribution in [3.8, 4) is 0 Å². The van der Waals surface area contributed by atoms with E-state index in [4.69, 9.17) is 37.0 Å². The van der Waals surface area contributed by atoms with Gasteiger partial charge in [-0.05, 0) is 37.5 Å². The summed E-state index contributed by atoms with van der Waals surface area (Å²) in [6, 6.07) is 0. The molecular formula is C85H166O17P2. The summed E-state index contributed by atoms with van der Waals surface area (Å²) in [5.74, 6) is -0.528. The third-order valence-electron chi connectivity index (χ3n) is 20.0. The molecule has 2 unspecified atom stereocenters. The van der Waals surface area contributed by atoms with Gasteiger partial charge < -0.3 is 33.8 Å². The van der Waals surface area contributed by atoms with E-state index in [9.17, 15) is 43.2 Å². The molecule has 0 aliphatic rings. The van der Waals surface area contributed by atoms with Crippen molar-refractivity contribution in [2.75, 3.05) is 39.6 Å². The molecule has 0 amide bonds. The van der Waals surface area contributed by atoms with E-state index < -0.39 is 97.5 Å². The van der Waals surface area contributed by atoms with E-state index in [1.165, 1.54) is 270 Å². The van der Waals surface area contributed by atoms with Gasteiger partial charge in [0.05, 0.1) is 26.4 Å². The molecule has 0 radical (unpaired) electrons. The molecule has 0 spiro atoms. The van der Waals surface area contributed by atoms with E-state index >= 15 is 0 Å². The highest BCUT2D eigenvalue weighted by Gasteiger charge is 2.30. The summed E-state index contributed by atoms with van der Waals surface area (Å²) in [5, 5.41) is 10.7.